The van der Waals surface area contributed by atoms with Crippen LogP contribution in [0.1, 0.15) is 56.3 Å². The maximum atomic E-state index is 13.0. The highest BCUT2D eigenvalue weighted by Gasteiger charge is 2.32. The fourth-order valence-corrected chi connectivity index (χ4v) is 6.02. The molecule has 1 aliphatic heterocycles. The van der Waals surface area contributed by atoms with Crippen molar-refractivity contribution < 1.29 is 13.2 Å². The first-order valence-corrected chi connectivity index (χ1v) is 11.1. The number of nitrogens with zero attached hydrogens (tertiary/aromatic N) is 3. The number of H-pyrrole nitrogens is 1. The van der Waals surface area contributed by atoms with Crippen molar-refractivity contribution in [3.63, 3.8) is 0 Å². The van der Waals surface area contributed by atoms with Crippen LogP contribution in [-0.4, -0.2) is 59.9 Å². The van der Waals surface area contributed by atoms with E-state index in [9.17, 15) is 13.2 Å². The summed E-state index contributed by atoms with van der Waals surface area (Å²) in [6.07, 6.45) is 7.34. The van der Waals surface area contributed by atoms with E-state index in [1.165, 1.54) is 30.0 Å². The monoisotopic (exact) mass is 382 g/mol. The molecule has 1 aromatic rings. The Labute approximate surface area is 156 Å². The van der Waals surface area contributed by atoms with Crippen LogP contribution in [0.3, 0.4) is 0 Å². The molecule has 1 aromatic heterocycles. The van der Waals surface area contributed by atoms with Crippen molar-refractivity contribution in [2.75, 3.05) is 26.2 Å². The number of hydrogen-bond acceptors (Lipinski definition) is 4. The van der Waals surface area contributed by atoms with E-state index in [2.05, 4.69) is 10.2 Å². The van der Waals surface area contributed by atoms with E-state index in [0.717, 1.165) is 6.42 Å². The zero-order chi connectivity index (χ0) is 18.7. The van der Waals surface area contributed by atoms with Gasteiger partial charge in [-0.15, -0.1) is 0 Å². The topological polar surface area (TPSA) is 86.4 Å². The molecule has 2 heterocycles. The Bertz CT molecular complexity index is 718. The molecule has 26 heavy (non-hydrogen) atoms. The molecule has 8 heteroatoms. The minimum atomic E-state index is -3.58. The number of sulfonamides is 1. The Kier molecular flexibility index (Phi) is 6.02. The first-order valence-electron chi connectivity index (χ1n) is 9.69. The number of carbonyl (C=O) groups is 1. The van der Waals surface area contributed by atoms with E-state index in [-0.39, 0.29) is 10.8 Å². The molecule has 0 aromatic carbocycles. The van der Waals surface area contributed by atoms with Crippen LogP contribution in [0.5, 0.6) is 0 Å². The average molecular weight is 383 g/mol. The highest BCUT2D eigenvalue weighted by atomic mass is 32.2. The molecule has 2 aliphatic rings. The molecule has 1 saturated heterocycles. The van der Waals surface area contributed by atoms with Gasteiger partial charge in [0.15, 0.2) is 0 Å². The summed E-state index contributed by atoms with van der Waals surface area (Å²) in [6, 6.07) is 0. The molecule has 1 aliphatic carbocycles. The van der Waals surface area contributed by atoms with Gasteiger partial charge in [0.05, 0.1) is 11.4 Å². The van der Waals surface area contributed by atoms with Gasteiger partial charge in [-0.25, -0.2) is 8.42 Å². The first-order chi connectivity index (χ1) is 12.4. The van der Waals surface area contributed by atoms with Crippen LogP contribution in [0, 0.1) is 19.8 Å². The second-order valence-corrected chi connectivity index (χ2v) is 9.47. The molecule has 2 fully saturated rings. The molecular formula is C18H30N4O3S. The third kappa shape index (κ3) is 4.11. The normalized spacial score (nSPS) is 20.5. The van der Waals surface area contributed by atoms with E-state index in [0.29, 0.717) is 56.3 Å². The molecular weight excluding hydrogens is 352 g/mol. The number of aryl methyl sites for hydroxylation is 2. The summed E-state index contributed by atoms with van der Waals surface area (Å²) in [4.78, 5) is 14.7. The van der Waals surface area contributed by atoms with Crippen molar-refractivity contribution >= 4 is 15.9 Å². The average Bonchev–Trinajstić information content (AvgIpc) is 3.15. The maximum absolute atomic E-state index is 13.0. The van der Waals surface area contributed by atoms with Crippen molar-refractivity contribution in [2.24, 2.45) is 5.92 Å². The van der Waals surface area contributed by atoms with E-state index < -0.39 is 10.0 Å². The molecule has 1 N–H and O–H groups in total. The van der Waals surface area contributed by atoms with Gasteiger partial charge in [-0.05, 0) is 32.6 Å². The smallest absolute Gasteiger partial charge is 0.246 e. The van der Waals surface area contributed by atoms with E-state index in [1.54, 1.807) is 13.8 Å². The molecule has 146 valence electrons. The van der Waals surface area contributed by atoms with Crippen LogP contribution in [0.15, 0.2) is 4.90 Å². The molecule has 1 saturated carbocycles. The minimum absolute atomic E-state index is 0.173. The number of nitrogens with one attached hydrogen (secondary N) is 1. The van der Waals surface area contributed by atoms with Gasteiger partial charge in [0, 0.05) is 32.6 Å². The number of rotatable bonds is 5. The van der Waals surface area contributed by atoms with E-state index in [4.69, 9.17) is 0 Å². The lowest BCUT2D eigenvalue weighted by atomic mass is 10.0. The van der Waals surface area contributed by atoms with Crippen molar-refractivity contribution in [1.29, 1.82) is 0 Å². The molecule has 0 atom stereocenters. The molecule has 0 radical (unpaired) electrons. The highest BCUT2D eigenvalue weighted by molar-refractivity contribution is 7.89. The largest absolute Gasteiger partial charge is 0.341 e. The van der Waals surface area contributed by atoms with Crippen molar-refractivity contribution in [1.82, 2.24) is 19.4 Å². The van der Waals surface area contributed by atoms with Crippen LogP contribution >= 0.6 is 0 Å². The van der Waals surface area contributed by atoms with Crippen molar-refractivity contribution in [3.05, 3.63) is 11.4 Å². The quantitative estimate of drug-likeness (QED) is 0.846. The molecule has 0 bridgehead atoms. The Morgan fingerprint density at radius 2 is 1.85 bits per heavy atom. The van der Waals surface area contributed by atoms with Crippen molar-refractivity contribution in [2.45, 2.75) is 63.7 Å². The summed E-state index contributed by atoms with van der Waals surface area (Å²) >= 11 is 0. The van der Waals surface area contributed by atoms with Gasteiger partial charge >= 0.3 is 0 Å². The van der Waals surface area contributed by atoms with E-state index in [1.807, 2.05) is 4.90 Å². The zero-order valence-corrected chi connectivity index (χ0v) is 16.6. The Balaban J connectivity index is 1.60. The minimum Gasteiger partial charge on any atom is -0.341 e. The molecule has 7 nitrogen and oxygen atoms in total. The molecule has 0 unspecified atom stereocenters. The summed E-state index contributed by atoms with van der Waals surface area (Å²) in [5.41, 5.74) is 1.06. The van der Waals surface area contributed by atoms with Crippen LogP contribution < -0.4 is 0 Å². The van der Waals surface area contributed by atoms with Gasteiger partial charge in [0.2, 0.25) is 15.9 Å². The second kappa shape index (κ2) is 8.08. The molecule has 3 rings (SSSR count). The first kappa shape index (κ1) is 19.4. The summed E-state index contributed by atoms with van der Waals surface area (Å²) in [7, 11) is -3.58. The van der Waals surface area contributed by atoms with Crippen LogP contribution in [0.25, 0.3) is 0 Å². The van der Waals surface area contributed by atoms with Crippen LogP contribution in [-0.2, 0) is 14.8 Å². The SMILES string of the molecule is Cc1n[nH]c(C)c1S(=O)(=O)N1CCCN(C(=O)CCC2CCCC2)CC1. The third-order valence-electron chi connectivity index (χ3n) is 5.71. The molecule has 1 amide bonds. The van der Waals surface area contributed by atoms with Crippen LogP contribution in [0.4, 0.5) is 0 Å². The number of carbonyl (C=O) groups excluding carboxylic acids is 1. The lowest BCUT2D eigenvalue weighted by Crippen LogP contribution is -2.37. The maximum Gasteiger partial charge on any atom is 0.246 e. The van der Waals surface area contributed by atoms with Gasteiger partial charge < -0.3 is 4.90 Å². The highest BCUT2D eigenvalue weighted by Crippen LogP contribution is 2.29. The van der Waals surface area contributed by atoms with Crippen LogP contribution in [0.2, 0.25) is 0 Å². The van der Waals surface area contributed by atoms with Crippen molar-refractivity contribution in [3.8, 4) is 0 Å². The summed E-state index contributed by atoms with van der Waals surface area (Å²) < 4.78 is 27.5. The van der Waals surface area contributed by atoms with Gasteiger partial charge in [0.25, 0.3) is 0 Å². The summed E-state index contributed by atoms with van der Waals surface area (Å²) in [5.74, 6) is 0.877. The predicted molar refractivity (Wildman–Crippen MR) is 99.2 cm³/mol. The van der Waals surface area contributed by atoms with Gasteiger partial charge in [-0.1, -0.05) is 25.7 Å². The fraction of sp³-hybridized carbons (Fsp3) is 0.778. The number of amides is 1. The van der Waals surface area contributed by atoms with Gasteiger partial charge in [0.1, 0.15) is 4.90 Å². The Hall–Kier alpha value is -1.41. The fourth-order valence-electron chi connectivity index (χ4n) is 4.22. The van der Waals surface area contributed by atoms with E-state index >= 15 is 0 Å². The zero-order valence-electron chi connectivity index (χ0n) is 15.8. The summed E-state index contributed by atoms with van der Waals surface area (Å²) in [6.45, 7) is 5.33. The summed E-state index contributed by atoms with van der Waals surface area (Å²) in [5, 5.41) is 6.76. The third-order valence-corrected chi connectivity index (χ3v) is 7.87. The van der Waals surface area contributed by atoms with Gasteiger partial charge in [-0.3, -0.25) is 9.89 Å². The number of aromatic nitrogens is 2. The number of hydrogen-bond donors (Lipinski definition) is 1. The standard InChI is InChI=1S/C18H30N4O3S/c1-14-18(15(2)20-19-14)26(24,25)22-11-5-10-21(12-13-22)17(23)9-8-16-6-3-4-7-16/h16H,3-13H2,1-2H3,(H,19,20). The van der Waals surface area contributed by atoms with Gasteiger partial charge in [-0.2, -0.15) is 9.40 Å². The molecule has 0 spiro atoms. The second-order valence-electron chi connectivity index (χ2n) is 7.59. The number of aromatic amines is 1. The predicted octanol–water partition coefficient (Wildman–Crippen LogP) is 2.22. The lowest BCUT2D eigenvalue weighted by molar-refractivity contribution is -0.131. The lowest BCUT2D eigenvalue weighted by Gasteiger charge is -2.22. The Morgan fingerprint density at radius 3 is 2.50 bits per heavy atom. The Morgan fingerprint density at radius 1 is 1.12 bits per heavy atom.